The van der Waals surface area contributed by atoms with E-state index in [1.54, 1.807) is 0 Å². The highest BCUT2D eigenvalue weighted by Crippen LogP contribution is 2.33. The molecule has 0 radical (unpaired) electrons. The summed E-state index contributed by atoms with van der Waals surface area (Å²) in [4.78, 5) is 24.2. The highest BCUT2D eigenvalue weighted by Gasteiger charge is 2.36. The molecule has 0 bridgehead atoms. The number of hydrogen-bond acceptors (Lipinski definition) is 4. The van der Waals surface area contributed by atoms with Gasteiger partial charge in [-0.1, -0.05) is 0 Å². The average molecular weight is 207 g/mol. The largest absolute Gasteiger partial charge is 0.508 e. The van der Waals surface area contributed by atoms with Crippen molar-refractivity contribution in [2.75, 3.05) is 14.2 Å². The van der Waals surface area contributed by atoms with Gasteiger partial charge >= 0.3 is 0 Å². The smallest absolute Gasteiger partial charge is 0.265 e. The monoisotopic (exact) mass is 207 g/mol. The zero-order valence-electron chi connectivity index (χ0n) is 8.27. The van der Waals surface area contributed by atoms with Crippen LogP contribution >= 0.6 is 0 Å². The average Bonchev–Trinajstić information content (AvgIpc) is 2.43. The van der Waals surface area contributed by atoms with E-state index in [-0.39, 0.29) is 22.6 Å². The van der Waals surface area contributed by atoms with Gasteiger partial charge in [-0.3, -0.25) is 14.5 Å². The normalized spacial score (nSPS) is 14.4. The first-order valence-electron chi connectivity index (χ1n) is 4.29. The summed E-state index contributed by atoms with van der Waals surface area (Å²) in [5, 5.41) is 9.34. The number of carbonyl (C=O) groups is 2. The SMILES string of the molecule is COc1cc(O)cc2c1C(=O)N(C)C2=O. The zero-order chi connectivity index (χ0) is 11.2. The minimum absolute atomic E-state index is 0.0953. The molecule has 1 heterocycles. The third kappa shape index (κ3) is 1.16. The lowest BCUT2D eigenvalue weighted by atomic mass is 10.1. The van der Waals surface area contributed by atoms with Crippen molar-refractivity contribution in [2.45, 2.75) is 0 Å². The van der Waals surface area contributed by atoms with E-state index in [4.69, 9.17) is 4.74 Å². The molecule has 1 aromatic carbocycles. The van der Waals surface area contributed by atoms with Crippen molar-refractivity contribution < 1.29 is 19.4 Å². The maximum atomic E-state index is 11.6. The van der Waals surface area contributed by atoms with Crippen LogP contribution in [0.2, 0.25) is 0 Å². The molecule has 1 aliphatic heterocycles. The van der Waals surface area contributed by atoms with Gasteiger partial charge in [-0.2, -0.15) is 0 Å². The molecule has 5 heteroatoms. The number of benzene rings is 1. The highest BCUT2D eigenvalue weighted by atomic mass is 16.5. The van der Waals surface area contributed by atoms with Crippen LogP contribution in [0, 0.1) is 0 Å². The van der Waals surface area contributed by atoms with Gasteiger partial charge in [0.2, 0.25) is 0 Å². The second-order valence-electron chi connectivity index (χ2n) is 3.24. The van der Waals surface area contributed by atoms with Gasteiger partial charge in [0.25, 0.3) is 11.8 Å². The van der Waals surface area contributed by atoms with E-state index in [1.807, 2.05) is 0 Å². The van der Waals surface area contributed by atoms with Gasteiger partial charge in [-0.05, 0) is 6.07 Å². The van der Waals surface area contributed by atoms with Crippen molar-refractivity contribution in [1.29, 1.82) is 0 Å². The summed E-state index contributed by atoms with van der Waals surface area (Å²) >= 11 is 0. The van der Waals surface area contributed by atoms with Crippen molar-refractivity contribution >= 4 is 11.8 Å². The van der Waals surface area contributed by atoms with Gasteiger partial charge in [-0.15, -0.1) is 0 Å². The number of rotatable bonds is 1. The number of hydrogen-bond donors (Lipinski definition) is 1. The van der Waals surface area contributed by atoms with Crippen LogP contribution in [0.3, 0.4) is 0 Å². The van der Waals surface area contributed by atoms with E-state index in [0.29, 0.717) is 0 Å². The molecule has 2 rings (SSSR count). The third-order valence-corrected chi connectivity index (χ3v) is 2.36. The molecule has 1 aromatic rings. The van der Waals surface area contributed by atoms with Gasteiger partial charge in [0.1, 0.15) is 11.5 Å². The van der Waals surface area contributed by atoms with Gasteiger partial charge in [0.05, 0.1) is 18.2 Å². The fourth-order valence-corrected chi connectivity index (χ4v) is 1.59. The number of nitrogens with zero attached hydrogens (tertiary/aromatic N) is 1. The number of imide groups is 1. The van der Waals surface area contributed by atoms with E-state index < -0.39 is 11.8 Å². The molecular weight excluding hydrogens is 198 g/mol. The Hall–Kier alpha value is -2.04. The van der Waals surface area contributed by atoms with E-state index in [9.17, 15) is 14.7 Å². The molecule has 0 fully saturated rings. The molecule has 0 aliphatic carbocycles. The molecule has 15 heavy (non-hydrogen) atoms. The maximum Gasteiger partial charge on any atom is 0.265 e. The topological polar surface area (TPSA) is 66.8 Å². The van der Waals surface area contributed by atoms with E-state index in [1.165, 1.54) is 26.3 Å². The van der Waals surface area contributed by atoms with Crippen LogP contribution in [-0.2, 0) is 0 Å². The summed E-state index contributed by atoms with van der Waals surface area (Å²) in [6.07, 6.45) is 0. The molecule has 0 spiro atoms. The minimum atomic E-state index is -0.427. The lowest BCUT2D eigenvalue weighted by molar-refractivity contribution is 0.0692. The van der Waals surface area contributed by atoms with Crippen LogP contribution in [-0.4, -0.2) is 36.0 Å². The van der Waals surface area contributed by atoms with Crippen molar-refractivity contribution in [1.82, 2.24) is 4.90 Å². The summed E-state index contributed by atoms with van der Waals surface area (Å²) < 4.78 is 4.95. The predicted octanol–water partition coefficient (Wildman–Crippen LogP) is 0.627. The van der Waals surface area contributed by atoms with Gasteiger partial charge in [0.15, 0.2) is 0 Å². The second kappa shape index (κ2) is 2.98. The van der Waals surface area contributed by atoms with Crippen molar-refractivity contribution in [3.8, 4) is 11.5 Å². The Morgan fingerprint density at radius 3 is 2.53 bits per heavy atom. The van der Waals surface area contributed by atoms with Crippen LogP contribution in [0.5, 0.6) is 11.5 Å². The number of amides is 2. The van der Waals surface area contributed by atoms with Crippen LogP contribution in [0.15, 0.2) is 12.1 Å². The third-order valence-electron chi connectivity index (χ3n) is 2.36. The van der Waals surface area contributed by atoms with Crippen molar-refractivity contribution in [2.24, 2.45) is 0 Å². The molecule has 0 unspecified atom stereocenters. The van der Waals surface area contributed by atoms with E-state index in [2.05, 4.69) is 0 Å². The van der Waals surface area contributed by atoms with Crippen LogP contribution < -0.4 is 4.74 Å². The molecule has 1 N–H and O–H groups in total. The van der Waals surface area contributed by atoms with Crippen LogP contribution in [0.25, 0.3) is 0 Å². The van der Waals surface area contributed by atoms with Crippen molar-refractivity contribution in [3.63, 3.8) is 0 Å². The Kier molecular flexibility index (Phi) is 1.89. The standard InChI is InChI=1S/C10H9NO4/c1-11-9(13)6-3-5(12)4-7(15-2)8(6)10(11)14/h3-4,12H,1-2H3. The van der Waals surface area contributed by atoms with Gasteiger partial charge in [0, 0.05) is 13.1 Å². The molecule has 0 atom stereocenters. The number of methoxy groups -OCH3 is 1. The van der Waals surface area contributed by atoms with Crippen molar-refractivity contribution in [3.05, 3.63) is 23.3 Å². The van der Waals surface area contributed by atoms with Gasteiger partial charge < -0.3 is 9.84 Å². The first-order chi connectivity index (χ1) is 7.06. The Morgan fingerprint density at radius 2 is 1.93 bits per heavy atom. The summed E-state index contributed by atoms with van der Waals surface area (Å²) in [5.41, 5.74) is 0.391. The zero-order valence-corrected chi connectivity index (χ0v) is 8.27. The minimum Gasteiger partial charge on any atom is -0.508 e. The fraction of sp³-hybridized carbons (Fsp3) is 0.200. The molecule has 0 saturated carbocycles. The summed E-state index contributed by atoms with van der Waals surface area (Å²) in [6, 6.07) is 2.57. The number of phenolic OH excluding ortho intramolecular Hbond substituents is 1. The number of ether oxygens (including phenoxy) is 1. The van der Waals surface area contributed by atoms with E-state index in [0.717, 1.165) is 4.90 Å². The number of carbonyl (C=O) groups excluding carboxylic acids is 2. The molecule has 2 amide bonds. The number of aromatic hydroxyl groups is 1. The Bertz CT molecular complexity index is 467. The molecule has 5 nitrogen and oxygen atoms in total. The molecule has 78 valence electrons. The van der Waals surface area contributed by atoms with Crippen LogP contribution in [0.1, 0.15) is 20.7 Å². The summed E-state index contributed by atoms with van der Waals surface area (Å²) in [6.45, 7) is 0. The molecule has 1 aliphatic rings. The van der Waals surface area contributed by atoms with E-state index >= 15 is 0 Å². The highest BCUT2D eigenvalue weighted by molar-refractivity contribution is 6.22. The molecule has 0 saturated heterocycles. The summed E-state index contributed by atoms with van der Waals surface area (Å²) in [7, 11) is 2.77. The number of phenols is 1. The fourth-order valence-electron chi connectivity index (χ4n) is 1.59. The molecular formula is C10H9NO4. The van der Waals surface area contributed by atoms with Crippen LogP contribution in [0.4, 0.5) is 0 Å². The summed E-state index contributed by atoms with van der Waals surface area (Å²) in [5.74, 6) is -0.717. The Morgan fingerprint density at radius 1 is 1.27 bits per heavy atom. The van der Waals surface area contributed by atoms with Gasteiger partial charge in [-0.25, -0.2) is 0 Å². The second-order valence-corrected chi connectivity index (χ2v) is 3.24. The predicted molar refractivity (Wildman–Crippen MR) is 51.1 cm³/mol. The molecule has 0 aromatic heterocycles. The Balaban J connectivity index is 2.73. The Labute approximate surface area is 85.9 Å². The lowest BCUT2D eigenvalue weighted by Gasteiger charge is -2.05. The quantitative estimate of drug-likeness (QED) is 0.686. The maximum absolute atomic E-state index is 11.6. The first-order valence-corrected chi connectivity index (χ1v) is 4.29. The number of fused-ring (bicyclic) bond motifs is 1. The first kappa shape index (κ1) is 9.51. The lowest BCUT2D eigenvalue weighted by Crippen LogP contribution is -2.24.